The summed E-state index contributed by atoms with van der Waals surface area (Å²) in [5, 5.41) is 3.10. The maximum absolute atomic E-state index is 12.3. The average Bonchev–Trinajstić information content (AvgIpc) is 2.54. The molecule has 1 aromatic heterocycles. The van der Waals surface area contributed by atoms with Gasteiger partial charge in [-0.2, -0.15) is 4.98 Å². The number of rotatable bonds is 7. The van der Waals surface area contributed by atoms with Crippen LogP contribution < -0.4 is 11.0 Å². The Kier molecular flexibility index (Phi) is 6.35. The van der Waals surface area contributed by atoms with Gasteiger partial charge in [0.25, 0.3) is 0 Å². The molecule has 0 saturated carbocycles. The Morgan fingerprint density at radius 2 is 1.88 bits per heavy atom. The smallest absolute Gasteiger partial charge is 0.345 e. The lowest BCUT2D eigenvalue weighted by molar-refractivity contribution is -0.121. The zero-order valence-corrected chi connectivity index (χ0v) is 16.3. The van der Waals surface area contributed by atoms with Crippen LogP contribution in [0.3, 0.4) is 0 Å². The van der Waals surface area contributed by atoms with Crippen molar-refractivity contribution in [1.29, 1.82) is 0 Å². The molecule has 1 amide bonds. The topological polar surface area (TPSA) is 74.8 Å². The molecular weight excluding hydrogens is 326 g/mol. The van der Waals surface area contributed by atoms with E-state index in [9.17, 15) is 9.59 Å². The monoisotopic (exact) mass is 355 g/mol. The van der Waals surface area contributed by atoms with Gasteiger partial charge in [-0.05, 0) is 50.2 Å². The minimum atomic E-state index is -0.343. The maximum Gasteiger partial charge on any atom is 0.345 e. The number of amides is 1. The Bertz CT molecular complexity index is 784. The fourth-order valence-corrected chi connectivity index (χ4v) is 3.53. The summed E-state index contributed by atoms with van der Waals surface area (Å²) in [6.07, 6.45) is 1.81. The number of aryl methyl sites for hydroxylation is 2. The molecule has 0 aliphatic heterocycles. The molecule has 0 bridgehead atoms. The van der Waals surface area contributed by atoms with E-state index in [0.29, 0.717) is 18.5 Å². The van der Waals surface area contributed by atoms with Gasteiger partial charge in [0.2, 0.25) is 5.91 Å². The van der Waals surface area contributed by atoms with E-state index < -0.39 is 0 Å². The Labute approximate surface area is 155 Å². The highest BCUT2D eigenvalue weighted by atomic mass is 16.1. The first-order valence-corrected chi connectivity index (χ1v) is 9.10. The van der Waals surface area contributed by atoms with Crippen molar-refractivity contribution in [2.24, 2.45) is 0 Å². The van der Waals surface area contributed by atoms with Gasteiger partial charge in [-0.15, -0.1) is 0 Å². The van der Waals surface area contributed by atoms with E-state index in [0.717, 1.165) is 17.7 Å². The fraction of sp³-hybridized carbons (Fsp3) is 0.476. The van der Waals surface area contributed by atoms with E-state index in [4.69, 9.17) is 0 Å². The fourth-order valence-electron chi connectivity index (χ4n) is 3.53. The number of aromatic nitrogens is 2. The summed E-state index contributed by atoms with van der Waals surface area (Å²) in [7, 11) is 0. The van der Waals surface area contributed by atoms with Crippen molar-refractivity contribution in [2.45, 2.75) is 65.3 Å². The quantitative estimate of drug-likeness (QED) is 0.801. The largest absolute Gasteiger partial charge is 0.354 e. The molecule has 1 aromatic carbocycles. The molecule has 26 heavy (non-hydrogen) atoms. The van der Waals surface area contributed by atoms with Crippen LogP contribution in [0.1, 0.15) is 56.1 Å². The van der Waals surface area contributed by atoms with Gasteiger partial charge < -0.3 is 10.3 Å². The zero-order chi connectivity index (χ0) is 19.3. The molecule has 2 N–H and O–H groups in total. The molecule has 0 fully saturated rings. The molecule has 2 rings (SSSR count). The highest BCUT2D eigenvalue weighted by Gasteiger charge is 2.24. The van der Waals surface area contributed by atoms with Crippen LogP contribution in [-0.4, -0.2) is 21.9 Å². The Balaban J connectivity index is 1.91. The molecular formula is C21H29N3O2. The number of H-pyrrole nitrogens is 1. The van der Waals surface area contributed by atoms with Gasteiger partial charge in [0.05, 0.1) is 0 Å². The van der Waals surface area contributed by atoms with E-state index >= 15 is 0 Å². The van der Waals surface area contributed by atoms with Gasteiger partial charge in [0.1, 0.15) is 0 Å². The van der Waals surface area contributed by atoms with Gasteiger partial charge >= 0.3 is 5.69 Å². The summed E-state index contributed by atoms with van der Waals surface area (Å²) in [6, 6.07) is 10.4. The molecule has 0 saturated heterocycles. The van der Waals surface area contributed by atoms with Gasteiger partial charge in [0.15, 0.2) is 0 Å². The first kappa shape index (κ1) is 19.9. The number of nitrogens with zero attached hydrogens (tertiary/aromatic N) is 1. The lowest BCUT2D eigenvalue weighted by Crippen LogP contribution is -2.37. The summed E-state index contributed by atoms with van der Waals surface area (Å²) < 4.78 is 0. The molecule has 140 valence electrons. The van der Waals surface area contributed by atoms with Crippen molar-refractivity contribution < 1.29 is 4.79 Å². The highest BCUT2D eigenvalue weighted by Crippen LogP contribution is 2.28. The molecule has 0 aliphatic carbocycles. The molecule has 1 unspecified atom stereocenters. The molecule has 2 aromatic rings. The first-order valence-electron chi connectivity index (χ1n) is 9.10. The second kappa shape index (κ2) is 8.30. The highest BCUT2D eigenvalue weighted by molar-refractivity contribution is 5.76. The van der Waals surface area contributed by atoms with Crippen LogP contribution in [0.25, 0.3) is 0 Å². The summed E-state index contributed by atoms with van der Waals surface area (Å²) in [5.41, 5.74) is 3.34. The summed E-state index contributed by atoms with van der Waals surface area (Å²) >= 11 is 0. The molecule has 5 nitrogen and oxygen atoms in total. The van der Waals surface area contributed by atoms with Crippen molar-refractivity contribution in [3.8, 4) is 0 Å². The van der Waals surface area contributed by atoms with Gasteiger partial charge in [-0.3, -0.25) is 4.79 Å². The minimum absolute atomic E-state index is 0.00995. The second-order valence-corrected chi connectivity index (χ2v) is 7.65. The number of aromatic amines is 1. The van der Waals surface area contributed by atoms with Crippen LogP contribution in [0.15, 0.2) is 35.1 Å². The molecule has 0 radical (unpaired) electrons. The van der Waals surface area contributed by atoms with Gasteiger partial charge in [-0.1, -0.05) is 44.2 Å². The van der Waals surface area contributed by atoms with Crippen LogP contribution >= 0.6 is 0 Å². The number of benzene rings is 1. The number of hydrogen-bond acceptors (Lipinski definition) is 3. The lowest BCUT2D eigenvalue weighted by atomic mass is 9.79. The van der Waals surface area contributed by atoms with Crippen molar-refractivity contribution in [1.82, 2.24) is 15.3 Å². The Morgan fingerprint density at radius 3 is 2.50 bits per heavy atom. The summed E-state index contributed by atoms with van der Waals surface area (Å²) in [5.74, 6) is 0.0198. The number of carbonyl (C=O) groups is 1. The van der Waals surface area contributed by atoms with Crippen molar-refractivity contribution in [2.75, 3.05) is 0 Å². The molecule has 1 atom stereocenters. The van der Waals surface area contributed by atoms with Gasteiger partial charge in [-0.25, -0.2) is 4.79 Å². The van der Waals surface area contributed by atoms with E-state index in [2.05, 4.69) is 41.3 Å². The Hall–Kier alpha value is -2.43. The van der Waals surface area contributed by atoms with Crippen LogP contribution in [0.5, 0.6) is 0 Å². The summed E-state index contributed by atoms with van der Waals surface area (Å²) in [6.45, 7) is 10.1. The molecule has 0 aliphatic rings. The lowest BCUT2D eigenvalue weighted by Gasteiger charge is -2.29. The van der Waals surface area contributed by atoms with Crippen LogP contribution in [0.4, 0.5) is 0 Å². The third-order valence-electron chi connectivity index (χ3n) is 4.83. The van der Waals surface area contributed by atoms with Crippen LogP contribution in [0, 0.1) is 13.8 Å². The predicted molar refractivity (Wildman–Crippen MR) is 104 cm³/mol. The number of carbonyl (C=O) groups excluding carboxylic acids is 1. The Morgan fingerprint density at radius 1 is 1.23 bits per heavy atom. The van der Waals surface area contributed by atoms with Gasteiger partial charge in [0, 0.05) is 23.9 Å². The third kappa shape index (κ3) is 5.28. The van der Waals surface area contributed by atoms with Crippen molar-refractivity contribution in [3.05, 3.63) is 63.3 Å². The van der Waals surface area contributed by atoms with E-state index in [1.807, 2.05) is 32.0 Å². The average molecular weight is 355 g/mol. The molecule has 5 heteroatoms. The van der Waals surface area contributed by atoms with E-state index in [-0.39, 0.29) is 23.1 Å². The standard InChI is InChI=1S/C21H29N3O2/c1-14(13-21(4,5)17-9-7-6-8-10-17)22-19(25)12-11-18-15(2)23-20(26)24-16(18)3/h6-10,14H,11-13H2,1-5H3,(H,22,25)(H,23,24,26). The predicted octanol–water partition coefficient (Wildman–Crippen LogP) is 3.19. The molecule has 1 heterocycles. The first-order chi connectivity index (χ1) is 12.2. The summed E-state index contributed by atoms with van der Waals surface area (Å²) in [4.78, 5) is 30.3. The van der Waals surface area contributed by atoms with Crippen LogP contribution in [0.2, 0.25) is 0 Å². The molecule has 0 spiro atoms. The minimum Gasteiger partial charge on any atom is -0.354 e. The van der Waals surface area contributed by atoms with E-state index in [1.165, 1.54) is 5.56 Å². The van der Waals surface area contributed by atoms with Crippen molar-refractivity contribution >= 4 is 5.91 Å². The van der Waals surface area contributed by atoms with Crippen molar-refractivity contribution in [3.63, 3.8) is 0 Å². The van der Waals surface area contributed by atoms with E-state index in [1.54, 1.807) is 6.92 Å². The number of hydrogen-bond donors (Lipinski definition) is 2. The second-order valence-electron chi connectivity index (χ2n) is 7.65. The third-order valence-corrected chi connectivity index (χ3v) is 4.83. The number of nitrogens with one attached hydrogen (secondary N) is 2. The van der Waals surface area contributed by atoms with Crippen LogP contribution in [-0.2, 0) is 16.6 Å². The SMILES string of the molecule is Cc1nc(=O)[nH]c(C)c1CCC(=O)NC(C)CC(C)(C)c1ccccc1. The maximum atomic E-state index is 12.3. The normalized spacial score (nSPS) is 12.7. The zero-order valence-electron chi connectivity index (χ0n) is 16.3.